The largest absolute Gasteiger partial charge is 0.354 e. The Morgan fingerprint density at radius 3 is 2.39 bits per heavy atom. The lowest BCUT2D eigenvalue weighted by molar-refractivity contribution is 0.555. The zero-order valence-electron chi connectivity index (χ0n) is 10.9. The standard InChI is InChI=1S/C15H18N2S/c1-11-4-6-12(7-5-11)8-9-13-10-15(2,3)17-14(18)16-13/h4-10H,1-3H3,(H2,16,17,18). The molecule has 0 aliphatic carbocycles. The van der Waals surface area contributed by atoms with Gasteiger partial charge in [-0.05, 0) is 50.7 Å². The summed E-state index contributed by atoms with van der Waals surface area (Å²) in [6.45, 7) is 6.28. The Labute approximate surface area is 114 Å². The van der Waals surface area contributed by atoms with Crippen LogP contribution in [0, 0.1) is 6.92 Å². The van der Waals surface area contributed by atoms with Crippen LogP contribution in [-0.4, -0.2) is 10.7 Å². The monoisotopic (exact) mass is 258 g/mol. The van der Waals surface area contributed by atoms with E-state index in [2.05, 4.69) is 73.9 Å². The maximum Gasteiger partial charge on any atom is 0.171 e. The third-order valence-electron chi connectivity index (χ3n) is 2.74. The fourth-order valence-corrected chi connectivity index (χ4v) is 2.25. The van der Waals surface area contributed by atoms with Gasteiger partial charge in [-0.3, -0.25) is 0 Å². The van der Waals surface area contributed by atoms with Gasteiger partial charge in [0.15, 0.2) is 5.11 Å². The molecular formula is C15H18N2S. The summed E-state index contributed by atoms with van der Waals surface area (Å²) in [5, 5.41) is 7.02. The molecule has 18 heavy (non-hydrogen) atoms. The molecule has 0 fully saturated rings. The molecule has 1 heterocycles. The van der Waals surface area contributed by atoms with Crippen molar-refractivity contribution >= 4 is 23.4 Å². The van der Waals surface area contributed by atoms with E-state index in [0.717, 1.165) is 5.70 Å². The molecule has 0 saturated carbocycles. The van der Waals surface area contributed by atoms with Crippen LogP contribution < -0.4 is 10.6 Å². The normalized spacial score (nSPS) is 18.2. The van der Waals surface area contributed by atoms with Crippen LogP contribution >= 0.6 is 12.2 Å². The van der Waals surface area contributed by atoms with Crippen LogP contribution in [0.1, 0.15) is 25.0 Å². The molecule has 2 nitrogen and oxygen atoms in total. The zero-order valence-corrected chi connectivity index (χ0v) is 11.8. The van der Waals surface area contributed by atoms with E-state index in [9.17, 15) is 0 Å². The Morgan fingerprint density at radius 1 is 1.11 bits per heavy atom. The topological polar surface area (TPSA) is 24.1 Å². The van der Waals surface area contributed by atoms with Gasteiger partial charge in [0.25, 0.3) is 0 Å². The van der Waals surface area contributed by atoms with Gasteiger partial charge in [0.05, 0.1) is 5.54 Å². The van der Waals surface area contributed by atoms with Gasteiger partial charge in [0.1, 0.15) is 0 Å². The minimum absolute atomic E-state index is 0.102. The third kappa shape index (κ3) is 3.44. The summed E-state index contributed by atoms with van der Waals surface area (Å²) in [6.07, 6.45) is 6.27. The van der Waals surface area contributed by atoms with Gasteiger partial charge >= 0.3 is 0 Å². The Balaban J connectivity index is 2.16. The molecule has 0 radical (unpaired) electrons. The van der Waals surface area contributed by atoms with Gasteiger partial charge in [-0.2, -0.15) is 0 Å². The fourth-order valence-electron chi connectivity index (χ4n) is 1.87. The maximum absolute atomic E-state index is 5.18. The molecular weight excluding hydrogens is 240 g/mol. The second-order valence-electron chi connectivity index (χ2n) is 5.14. The van der Waals surface area contributed by atoms with Crippen LogP contribution in [-0.2, 0) is 0 Å². The molecule has 2 N–H and O–H groups in total. The number of allylic oxidation sites excluding steroid dienone is 1. The second-order valence-corrected chi connectivity index (χ2v) is 5.55. The van der Waals surface area contributed by atoms with E-state index < -0.39 is 0 Å². The minimum Gasteiger partial charge on any atom is -0.354 e. The van der Waals surface area contributed by atoms with Crippen molar-refractivity contribution in [3.05, 3.63) is 53.2 Å². The molecule has 0 spiro atoms. The van der Waals surface area contributed by atoms with Crippen molar-refractivity contribution in [3.8, 4) is 0 Å². The second kappa shape index (κ2) is 4.94. The summed E-state index contributed by atoms with van der Waals surface area (Å²) >= 11 is 5.18. The summed E-state index contributed by atoms with van der Waals surface area (Å²) in [5.41, 5.74) is 3.39. The summed E-state index contributed by atoms with van der Waals surface area (Å²) in [6, 6.07) is 8.44. The Bertz CT molecular complexity index is 510. The molecule has 1 aromatic rings. The van der Waals surface area contributed by atoms with Crippen LogP contribution in [0.3, 0.4) is 0 Å². The molecule has 1 aliphatic heterocycles. The van der Waals surface area contributed by atoms with E-state index in [-0.39, 0.29) is 5.54 Å². The summed E-state index contributed by atoms with van der Waals surface area (Å²) < 4.78 is 0. The van der Waals surface area contributed by atoms with Gasteiger partial charge in [-0.1, -0.05) is 35.9 Å². The summed E-state index contributed by atoms with van der Waals surface area (Å²) in [7, 11) is 0. The number of hydrogen-bond donors (Lipinski definition) is 2. The Morgan fingerprint density at radius 2 is 1.78 bits per heavy atom. The molecule has 1 aliphatic rings. The third-order valence-corrected chi connectivity index (χ3v) is 2.95. The van der Waals surface area contributed by atoms with Gasteiger partial charge in [0.2, 0.25) is 0 Å². The smallest absolute Gasteiger partial charge is 0.171 e. The first kappa shape index (κ1) is 12.8. The van der Waals surface area contributed by atoms with Gasteiger partial charge in [-0.15, -0.1) is 0 Å². The molecule has 94 valence electrons. The van der Waals surface area contributed by atoms with Crippen LogP contribution in [0.2, 0.25) is 0 Å². The number of aryl methyl sites for hydroxylation is 1. The van der Waals surface area contributed by atoms with E-state index in [1.807, 2.05) is 0 Å². The highest BCUT2D eigenvalue weighted by atomic mass is 32.1. The first-order chi connectivity index (χ1) is 8.44. The van der Waals surface area contributed by atoms with Crippen molar-refractivity contribution < 1.29 is 0 Å². The van der Waals surface area contributed by atoms with Crippen LogP contribution in [0.5, 0.6) is 0 Å². The van der Waals surface area contributed by atoms with E-state index in [1.165, 1.54) is 11.1 Å². The molecule has 0 aromatic heterocycles. The quantitative estimate of drug-likeness (QED) is 0.797. The molecule has 0 atom stereocenters. The minimum atomic E-state index is -0.102. The lowest BCUT2D eigenvalue weighted by atomic mass is 10.0. The zero-order chi connectivity index (χ0) is 13.2. The van der Waals surface area contributed by atoms with Crippen molar-refractivity contribution in [2.24, 2.45) is 0 Å². The number of nitrogens with one attached hydrogen (secondary N) is 2. The Hall–Kier alpha value is -1.61. The predicted octanol–water partition coefficient (Wildman–Crippen LogP) is 3.15. The van der Waals surface area contributed by atoms with Crippen LogP contribution in [0.15, 0.2) is 42.1 Å². The molecule has 2 rings (SSSR count). The maximum atomic E-state index is 5.18. The number of thiocarbonyl (C=S) groups is 1. The molecule has 3 heteroatoms. The molecule has 0 bridgehead atoms. The molecule has 0 unspecified atom stereocenters. The Kier molecular flexibility index (Phi) is 3.53. The van der Waals surface area contributed by atoms with E-state index in [0.29, 0.717) is 5.11 Å². The van der Waals surface area contributed by atoms with Crippen molar-refractivity contribution in [1.29, 1.82) is 0 Å². The van der Waals surface area contributed by atoms with E-state index in [4.69, 9.17) is 12.2 Å². The first-order valence-corrected chi connectivity index (χ1v) is 6.42. The molecule has 0 saturated heterocycles. The van der Waals surface area contributed by atoms with Crippen molar-refractivity contribution in [1.82, 2.24) is 10.6 Å². The average Bonchev–Trinajstić information content (AvgIpc) is 2.25. The predicted molar refractivity (Wildman–Crippen MR) is 81.2 cm³/mol. The van der Waals surface area contributed by atoms with E-state index >= 15 is 0 Å². The van der Waals surface area contributed by atoms with Gasteiger partial charge < -0.3 is 10.6 Å². The SMILES string of the molecule is Cc1ccc(C=CC2=CC(C)(C)NC(=S)N2)cc1. The van der Waals surface area contributed by atoms with Crippen LogP contribution in [0.25, 0.3) is 6.08 Å². The molecule has 1 aromatic carbocycles. The number of benzene rings is 1. The van der Waals surface area contributed by atoms with Crippen molar-refractivity contribution in [3.63, 3.8) is 0 Å². The van der Waals surface area contributed by atoms with E-state index in [1.54, 1.807) is 0 Å². The van der Waals surface area contributed by atoms with Gasteiger partial charge in [0, 0.05) is 5.70 Å². The highest BCUT2D eigenvalue weighted by Gasteiger charge is 2.20. The lowest BCUT2D eigenvalue weighted by Gasteiger charge is -2.30. The lowest BCUT2D eigenvalue weighted by Crippen LogP contribution is -2.51. The van der Waals surface area contributed by atoms with Crippen molar-refractivity contribution in [2.75, 3.05) is 0 Å². The van der Waals surface area contributed by atoms with Crippen molar-refractivity contribution in [2.45, 2.75) is 26.3 Å². The number of rotatable bonds is 2. The van der Waals surface area contributed by atoms with Crippen LogP contribution in [0.4, 0.5) is 0 Å². The summed E-state index contributed by atoms with van der Waals surface area (Å²) in [4.78, 5) is 0. The summed E-state index contributed by atoms with van der Waals surface area (Å²) in [5.74, 6) is 0. The first-order valence-electron chi connectivity index (χ1n) is 6.01. The fraction of sp³-hybridized carbons (Fsp3) is 0.267. The highest BCUT2D eigenvalue weighted by molar-refractivity contribution is 7.80. The number of hydrogen-bond acceptors (Lipinski definition) is 1. The molecule has 0 amide bonds. The highest BCUT2D eigenvalue weighted by Crippen LogP contribution is 2.14. The average molecular weight is 258 g/mol. The van der Waals surface area contributed by atoms with Gasteiger partial charge in [-0.25, -0.2) is 0 Å².